The van der Waals surface area contributed by atoms with Gasteiger partial charge in [0.2, 0.25) is 5.91 Å². The molecule has 2 aromatic carbocycles. The largest absolute Gasteiger partial charge is 0.416 e. The van der Waals surface area contributed by atoms with Crippen molar-refractivity contribution in [1.82, 2.24) is 9.80 Å². The molecule has 2 aromatic rings. The van der Waals surface area contributed by atoms with Gasteiger partial charge in [-0.25, -0.2) is 0 Å². The van der Waals surface area contributed by atoms with E-state index in [0.717, 1.165) is 30.4 Å². The zero-order chi connectivity index (χ0) is 23.9. The van der Waals surface area contributed by atoms with Crippen LogP contribution in [0.2, 0.25) is 5.02 Å². The van der Waals surface area contributed by atoms with Gasteiger partial charge < -0.3 is 14.5 Å². The predicted molar refractivity (Wildman–Crippen MR) is 124 cm³/mol. The number of alkyl halides is 3. The van der Waals surface area contributed by atoms with Gasteiger partial charge in [0.05, 0.1) is 30.7 Å². The lowest BCUT2D eigenvalue weighted by Gasteiger charge is -2.50. The Morgan fingerprint density at radius 2 is 1.76 bits per heavy atom. The van der Waals surface area contributed by atoms with Crippen molar-refractivity contribution in [3.8, 4) is 0 Å². The first kappa shape index (κ1) is 23.5. The van der Waals surface area contributed by atoms with Crippen LogP contribution in [-0.2, 0) is 28.7 Å². The molecule has 182 valence electrons. The van der Waals surface area contributed by atoms with E-state index in [1.165, 1.54) is 6.07 Å². The third kappa shape index (κ3) is 4.76. The van der Waals surface area contributed by atoms with Crippen LogP contribution in [0.25, 0.3) is 0 Å². The number of piperazine rings is 1. The van der Waals surface area contributed by atoms with E-state index in [1.807, 2.05) is 29.2 Å². The molecule has 3 aliphatic rings. The first-order chi connectivity index (χ1) is 16.3. The van der Waals surface area contributed by atoms with E-state index >= 15 is 0 Å². The fourth-order valence-electron chi connectivity index (χ4n) is 5.35. The minimum absolute atomic E-state index is 0.00899. The van der Waals surface area contributed by atoms with E-state index in [0.29, 0.717) is 56.4 Å². The Kier molecular flexibility index (Phi) is 6.48. The molecule has 9 heteroatoms. The van der Waals surface area contributed by atoms with Gasteiger partial charge in [-0.05, 0) is 47.9 Å². The summed E-state index contributed by atoms with van der Waals surface area (Å²) >= 11 is 6.02. The molecule has 2 atom stereocenters. The van der Waals surface area contributed by atoms with E-state index in [1.54, 1.807) is 6.07 Å². The summed E-state index contributed by atoms with van der Waals surface area (Å²) in [5, 5.41) is 0.687. The number of amides is 1. The summed E-state index contributed by atoms with van der Waals surface area (Å²) in [5.41, 5.74) is 1.89. The number of nitrogens with zero attached hydrogens (tertiary/aromatic N) is 3. The zero-order valence-corrected chi connectivity index (χ0v) is 19.5. The highest BCUT2D eigenvalue weighted by Crippen LogP contribution is 2.40. The van der Waals surface area contributed by atoms with Crippen molar-refractivity contribution in [2.24, 2.45) is 5.92 Å². The average molecular weight is 494 g/mol. The van der Waals surface area contributed by atoms with Gasteiger partial charge >= 0.3 is 6.18 Å². The molecule has 2 fully saturated rings. The lowest BCUT2D eigenvalue weighted by Crippen LogP contribution is -2.61. The third-order valence-electron chi connectivity index (χ3n) is 7.08. The summed E-state index contributed by atoms with van der Waals surface area (Å²) < 4.78 is 45.6. The maximum Gasteiger partial charge on any atom is 0.416 e. The fourth-order valence-corrected chi connectivity index (χ4v) is 5.48. The summed E-state index contributed by atoms with van der Waals surface area (Å²) in [6.45, 7) is 4.85. The van der Waals surface area contributed by atoms with Crippen LogP contribution in [0, 0.1) is 5.92 Å². The zero-order valence-electron chi connectivity index (χ0n) is 18.7. The van der Waals surface area contributed by atoms with E-state index < -0.39 is 17.7 Å². The molecule has 0 unspecified atom stereocenters. The summed E-state index contributed by atoms with van der Waals surface area (Å²) in [6.07, 6.45) is -4.10. The number of carbonyl (C=O) groups excluding carboxylic acids is 1. The summed E-state index contributed by atoms with van der Waals surface area (Å²) in [7, 11) is 0. The van der Waals surface area contributed by atoms with Crippen molar-refractivity contribution in [3.63, 3.8) is 0 Å². The maximum absolute atomic E-state index is 13.6. The van der Waals surface area contributed by atoms with Crippen LogP contribution in [0.4, 0.5) is 18.9 Å². The lowest BCUT2D eigenvalue weighted by molar-refractivity contribution is -0.141. The number of halogens is 4. The molecule has 34 heavy (non-hydrogen) atoms. The molecule has 3 heterocycles. The van der Waals surface area contributed by atoms with E-state index in [-0.39, 0.29) is 11.9 Å². The van der Waals surface area contributed by atoms with Crippen LogP contribution in [0.1, 0.15) is 16.7 Å². The van der Waals surface area contributed by atoms with Crippen LogP contribution in [0.15, 0.2) is 42.5 Å². The number of carbonyl (C=O) groups is 1. The topological polar surface area (TPSA) is 36.0 Å². The van der Waals surface area contributed by atoms with Crippen LogP contribution in [0.3, 0.4) is 0 Å². The fraction of sp³-hybridized carbons (Fsp3) is 0.480. The second kappa shape index (κ2) is 9.40. The predicted octanol–water partition coefficient (Wildman–Crippen LogP) is 4.08. The number of rotatable bonds is 3. The number of morpholine rings is 1. The monoisotopic (exact) mass is 493 g/mol. The number of anilines is 1. The first-order valence-electron chi connectivity index (χ1n) is 11.6. The molecule has 5 nitrogen and oxygen atoms in total. The summed E-state index contributed by atoms with van der Waals surface area (Å²) in [4.78, 5) is 19.9. The minimum atomic E-state index is -4.41. The highest BCUT2D eigenvalue weighted by atomic mass is 35.5. The molecule has 0 aliphatic carbocycles. The Morgan fingerprint density at radius 3 is 2.47 bits per heavy atom. The van der Waals surface area contributed by atoms with E-state index in [9.17, 15) is 18.0 Å². The SMILES string of the molecule is O=C([C@@H]1Cc2cc(C(F)(F)F)ccc2N2CCN(Cc3ccc(Cl)cc3)C[C@H]12)N1CCOCC1. The van der Waals surface area contributed by atoms with Crippen molar-refractivity contribution in [2.45, 2.75) is 25.2 Å². The molecular weight excluding hydrogens is 467 g/mol. The summed E-state index contributed by atoms with van der Waals surface area (Å²) in [5.74, 6) is -0.392. The number of benzene rings is 2. The van der Waals surface area contributed by atoms with Gasteiger partial charge in [0.1, 0.15) is 0 Å². The smallest absolute Gasteiger partial charge is 0.378 e. The number of hydrogen-bond donors (Lipinski definition) is 0. The summed E-state index contributed by atoms with van der Waals surface area (Å²) in [6, 6.07) is 11.6. The molecule has 0 bridgehead atoms. The third-order valence-corrected chi connectivity index (χ3v) is 7.33. The molecule has 1 amide bonds. The van der Waals surface area contributed by atoms with Crippen molar-refractivity contribution in [2.75, 3.05) is 50.8 Å². The molecular formula is C25H27ClF3N3O2. The minimum Gasteiger partial charge on any atom is -0.378 e. The second-order valence-corrected chi connectivity index (χ2v) is 9.65. The van der Waals surface area contributed by atoms with Gasteiger partial charge in [-0.3, -0.25) is 9.69 Å². The second-order valence-electron chi connectivity index (χ2n) is 9.21. The van der Waals surface area contributed by atoms with Crippen molar-refractivity contribution < 1.29 is 22.7 Å². The van der Waals surface area contributed by atoms with Crippen molar-refractivity contribution in [1.29, 1.82) is 0 Å². The standard InChI is InChI=1S/C25H27ClF3N3O2/c26-20-4-1-17(2-5-20)15-30-7-8-32-22-6-3-19(25(27,28)29)13-18(22)14-21(23(32)16-30)24(33)31-9-11-34-12-10-31/h1-6,13,21,23H,7-12,14-16H2/t21-,23-/m1/s1. The Bertz CT molecular complexity index is 1040. The van der Waals surface area contributed by atoms with Crippen LogP contribution in [-0.4, -0.2) is 67.7 Å². The van der Waals surface area contributed by atoms with Gasteiger partial charge in [0, 0.05) is 50.0 Å². The molecule has 0 N–H and O–H groups in total. The molecule has 3 aliphatic heterocycles. The average Bonchev–Trinajstić information content (AvgIpc) is 2.84. The quantitative estimate of drug-likeness (QED) is 0.645. The molecule has 0 spiro atoms. The van der Waals surface area contributed by atoms with Gasteiger partial charge in [-0.15, -0.1) is 0 Å². The van der Waals surface area contributed by atoms with Crippen LogP contribution < -0.4 is 4.90 Å². The first-order valence-corrected chi connectivity index (χ1v) is 12.0. The molecule has 0 aromatic heterocycles. The number of hydrogen-bond acceptors (Lipinski definition) is 4. The van der Waals surface area contributed by atoms with Gasteiger partial charge in [-0.1, -0.05) is 23.7 Å². The molecule has 0 saturated carbocycles. The Labute approximate surface area is 202 Å². The van der Waals surface area contributed by atoms with Crippen molar-refractivity contribution in [3.05, 3.63) is 64.2 Å². The van der Waals surface area contributed by atoms with Crippen LogP contribution in [0.5, 0.6) is 0 Å². The highest BCUT2D eigenvalue weighted by Gasteiger charge is 2.44. The van der Waals surface area contributed by atoms with Gasteiger partial charge in [-0.2, -0.15) is 13.2 Å². The molecule has 0 radical (unpaired) electrons. The maximum atomic E-state index is 13.6. The van der Waals surface area contributed by atoms with E-state index in [2.05, 4.69) is 9.80 Å². The molecule has 2 saturated heterocycles. The number of fused-ring (bicyclic) bond motifs is 3. The van der Waals surface area contributed by atoms with Gasteiger partial charge in [0.25, 0.3) is 0 Å². The van der Waals surface area contributed by atoms with Crippen molar-refractivity contribution >= 4 is 23.2 Å². The highest BCUT2D eigenvalue weighted by molar-refractivity contribution is 6.30. The Hall–Kier alpha value is -2.29. The van der Waals surface area contributed by atoms with Crippen LogP contribution >= 0.6 is 11.6 Å². The van der Waals surface area contributed by atoms with Gasteiger partial charge in [0.15, 0.2) is 0 Å². The Balaban J connectivity index is 1.43. The lowest BCUT2D eigenvalue weighted by atomic mass is 9.82. The Morgan fingerprint density at radius 1 is 1.03 bits per heavy atom. The normalized spacial score (nSPS) is 23.4. The number of ether oxygens (including phenoxy) is 1. The molecule has 5 rings (SSSR count). The van der Waals surface area contributed by atoms with E-state index in [4.69, 9.17) is 16.3 Å².